The maximum atomic E-state index is 2.79. The zero-order valence-corrected chi connectivity index (χ0v) is 44.8. The van der Waals surface area contributed by atoms with Crippen molar-refractivity contribution < 1.29 is 0 Å². The van der Waals surface area contributed by atoms with E-state index in [2.05, 4.69) is 125 Å². The Kier molecular flexibility index (Phi) is 10.8. The lowest BCUT2D eigenvalue weighted by atomic mass is 9.75. The van der Waals surface area contributed by atoms with Crippen LogP contribution in [-0.4, -0.2) is 0 Å². The molecular formula is C74H72. The maximum absolute atomic E-state index is 2.79. The number of unbranched alkanes of at least 4 members (excludes halogenated alkanes) is 12. The Bertz CT molecular complexity index is 4120. The molecule has 0 saturated heterocycles. The average molecular weight is 961 g/mol. The molecule has 0 fully saturated rings. The quantitative estimate of drug-likeness (QED) is 0.0527. The molecule has 0 amide bonds. The molecule has 0 bridgehead atoms. The van der Waals surface area contributed by atoms with Gasteiger partial charge >= 0.3 is 0 Å². The van der Waals surface area contributed by atoms with Crippen LogP contribution in [0.1, 0.15) is 175 Å². The third-order valence-electron chi connectivity index (χ3n) is 19.5. The number of benzene rings is 12. The predicted octanol–water partition coefficient (Wildman–Crippen LogP) is 22.1. The Morgan fingerprint density at radius 3 is 0.851 bits per heavy atom. The molecule has 0 heterocycles. The fraction of sp³-hybridized carbons (Fsp3) is 0.351. The van der Waals surface area contributed by atoms with Crippen LogP contribution in [-0.2, 0) is 38.5 Å². The third-order valence-corrected chi connectivity index (χ3v) is 19.5. The molecule has 0 heteroatoms. The van der Waals surface area contributed by atoms with Crippen LogP contribution >= 0.6 is 0 Å². The molecule has 1 aliphatic rings. The van der Waals surface area contributed by atoms with Crippen LogP contribution in [0.15, 0.2) is 97.1 Å². The number of aryl methyl sites for hydroxylation is 4. The normalized spacial score (nSPS) is 13.6. The second-order valence-corrected chi connectivity index (χ2v) is 23.8. The van der Waals surface area contributed by atoms with Crippen LogP contribution in [0.2, 0.25) is 0 Å². The summed E-state index contributed by atoms with van der Waals surface area (Å²) in [6.45, 7) is 9.43. The van der Waals surface area contributed by atoms with Gasteiger partial charge in [0, 0.05) is 0 Å². The summed E-state index contributed by atoms with van der Waals surface area (Å²) in [5.74, 6) is 0. The number of hydrogen-bond acceptors (Lipinski definition) is 0. The van der Waals surface area contributed by atoms with Crippen LogP contribution in [0.4, 0.5) is 0 Å². The van der Waals surface area contributed by atoms with Crippen LogP contribution < -0.4 is 0 Å². The first-order valence-corrected chi connectivity index (χ1v) is 29.9. The second kappa shape index (κ2) is 17.7. The number of fused-ring (bicyclic) bond motifs is 12. The van der Waals surface area contributed by atoms with E-state index in [0.29, 0.717) is 0 Å². The van der Waals surface area contributed by atoms with Gasteiger partial charge in [0.25, 0.3) is 0 Å². The van der Waals surface area contributed by atoms with E-state index in [-0.39, 0.29) is 0 Å². The standard InChI is InChI=1S/C74H72/c1-5-9-13-17-25-43-37-59-49-31-23-21-29-47(49)51-33-35-53-55-42-58-56(41-57(55)61-39-45(27-19-15-11-7-3)63(43)73-69(59)65(51)67(53)71(61)73)54-36-34-52-48-30-22-24-32-50(48)60-38-44(26-18-14-10-6-2)64-46(28-20-16-12-8-4)40-62(58)72-68(54)66(52)70(60)74(64)72/h21-24,29-40H,5-20,25-28,41-42H2,1-4H3. The van der Waals surface area contributed by atoms with E-state index in [0.717, 1.165) is 38.5 Å². The summed E-state index contributed by atoms with van der Waals surface area (Å²) < 4.78 is 0. The largest absolute Gasteiger partial charge is 0.0654 e. The van der Waals surface area contributed by atoms with Gasteiger partial charge in [-0.1, -0.05) is 190 Å². The summed E-state index contributed by atoms with van der Waals surface area (Å²) in [7, 11) is 0. The topological polar surface area (TPSA) is 0 Å². The highest BCUT2D eigenvalue weighted by Gasteiger charge is 2.34. The highest BCUT2D eigenvalue weighted by molar-refractivity contribution is 6.51. The van der Waals surface area contributed by atoms with Crippen molar-refractivity contribution in [2.45, 2.75) is 169 Å². The highest BCUT2D eigenvalue weighted by atomic mass is 14.4. The van der Waals surface area contributed by atoms with Gasteiger partial charge in [0.05, 0.1) is 0 Å². The molecule has 0 N–H and O–H groups in total. The molecule has 0 saturated carbocycles. The molecule has 0 nitrogen and oxygen atoms in total. The molecule has 0 unspecified atom stereocenters. The SMILES string of the molecule is CCCCCCc1cc2c3c(c4ccc5c6ccccc6c6cc(CCCCCC)c1c1c2c4c5c61)Cc1c(c2ccc4c5ccccc5c5cc(CCCCCC)c6c(CCCCCC)cc1c1c2c4c5c61)C3. The van der Waals surface area contributed by atoms with Crippen molar-refractivity contribution in [3.8, 4) is 0 Å². The smallest absolute Gasteiger partial charge is 0.000710 e. The lowest BCUT2D eigenvalue weighted by molar-refractivity contribution is 0.665. The first-order valence-electron chi connectivity index (χ1n) is 29.9. The first kappa shape index (κ1) is 45.2. The minimum absolute atomic E-state index is 0.992. The van der Waals surface area contributed by atoms with Crippen molar-refractivity contribution >= 4 is 129 Å². The fourth-order valence-corrected chi connectivity index (χ4v) is 16.2. The Hall–Kier alpha value is -6.24. The van der Waals surface area contributed by atoms with Crippen molar-refractivity contribution in [2.75, 3.05) is 0 Å². The monoisotopic (exact) mass is 961 g/mol. The van der Waals surface area contributed by atoms with Gasteiger partial charge in [0.1, 0.15) is 0 Å². The molecule has 0 radical (unpaired) electrons. The van der Waals surface area contributed by atoms with Gasteiger partial charge in [0.15, 0.2) is 0 Å². The van der Waals surface area contributed by atoms with E-state index >= 15 is 0 Å². The fourth-order valence-electron chi connectivity index (χ4n) is 16.2. The van der Waals surface area contributed by atoms with E-state index in [1.54, 1.807) is 109 Å². The average Bonchev–Trinajstić information content (AvgIpc) is 4.02. The highest BCUT2D eigenvalue weighted by Crippen LogP contribution is 2.59. The van der Waals surface area contributed by atoms with Crippen LogP contribution in [0.25, 0.3) is 129 Å². The number of hydrogen-bond donors (Lipinski definition) is 0. The van der Waals surface area contributed by atoms with E-state index in [9.17, 15) is 0 Å². The molecule has 0 aromatic heterocycles. The zero-order chi connectivity index (χ0) is 49.3. The summed E-state index contributed by atoms with van der Waals surface area (Å²) in [6, 6.07) is 40.1. The Morgan fingerprint density at radius 2 is 0.500 bits per heavy atom. The molecule has 0 spiro atoms. The lowest BCUT2D eigenvalue weighted by Gasteiger charge is -2.28. The number of rotatable bonds is 20. The Morgan fingerprint density at radius 1 is 0.230 bits per heavy atom. The molecule has 14 aromatic carbocycles. The maximum Gasteiger partial charge on any atom is -0.000710 e. The summed E-state index contributed by atoms with van der Waals surface area (Å²) >= 11 is 0. The van der Waals surface area contributed by atoms with E-state index in [1.165, 1.54) is 167 Å². The summed E-state index contributed by atoms with van der Waals surface area (Å²) in [5, 5.41) is 36.6. The second-order valence-electron chi connectivity index (χ2n) is 23.8. The van der Waals surface area contributed by atoms with Crippen molar-refractivity contribution in [2.24, 2.45) is 0 Å². The van der Waals surface area contributed by atoms with Gasteiger partial charge in [-0.25, -0.2) is 0 Å². The van der Waals surface area contributed by atoms with Crippen molar-refractivity contribution in [3.63, 3.8) is 0 Å². The lowest BCUT2D eigenvalue weighted by Crippen LogP contribution is -2.11. The van der Waals surface area contributed by atoms with E-state index < -0.39 is 0 Å². The van der Waals surface area contributed by atoms with Crippen LogP contribution in [0.5, 0.6) is 0 Å². The van der Waals surface area contributed by atoms with Crippen LogP contribution in [0, 0.1) is 0 Å². The van der Waals surface area contributed by atoms with Crippen molar-refractivity contribution in [3.05, 3.63) is 142 Å². The van der Waals surface area contributed by atoms with Gasteiger partial charge in [-0.15, -0.1) is 0 Å². The molecule has 0 aliphatic heterocycles. The van der Waals surface area contributed by atoms with Gasteiger partial charge < -0.3 is 0 Å². The molecule has 74 heavy (non-hydrogen) atoms. The first-order chi connectivity index (χ1) is 36.6. The molecule has 0 atom stereocenters. The Labute approximate surface area is 437 Å². The van der Waals surface area contributed by atoms with Crippen molar-refractivity contribution in [1.29, 1.82) is 0 Å². The molecule has 1 aliphatic carbocycles. The van der Waals surface area contributed by atoms with Gasteiger partial charge in [-0.3, -0.25) is 0 Å². The molecule has 15 rings (SSSR count). The zero-order valence-electron chi connectivity index (χ0n) is 44.8. The molecule has 14 aromatic rings. The van der Waals surface area contributed by atoms with E-state index in [1.807, 2.05) is 0 Å². The van der Waals surface area contributed by atoms with E-state index in [4.69, 9.17) is 0 Å². The van der Waals surface area contributed by atoms with Crippen molar-refractivity contribution in [1.82, 2.24) is 0 Å². The molecule has 368 valence electrons. The van der Waals surface area contributed by atoms with Gasteiger partial charge in [-0.2, -0.15) is 0 Å². The predicted molar refractivity (Wildman–Crippen MR) is 327 cm³/mol. The summed E-state index contributed by atoms with van der Waals surface area (Å²) in [5.41, 5.74) is 12.9. The van der Waals surface area contributed by atoms with Gasteiger partial charge in [0.2, 0.25) is 0 Å². The minimum Gasteiger partial charge on any atom is -0.0654 e. The third kappa shape index (κ3) is 6.27. The summed E-state index contributed by atoms with van der Waals surface area (Å²) in [6.07, 6.45) is 27.3. The van der Waals surface area contributed by atoms with Crippen LogP contribution in [0.3, 0.4) is 0 Å². The Balaban J connectivity index is 1.05. The molecular weight excluding hydrogens is 889 g/mol. The van der Waals surface area contributed by atoms with Gasteiger partial charge in [-0.05, 0) is 250 Å². The summed E-state index contributed by atoms with van der Waals surface area (Å²) in [4.78, 5) is 0. The minimum atomic E-state index is 0.992.